The Bertz CT molecular complexity index is 1280. The van der Waals surface area contributed by atoms with Crippen LogP contribution >= 0.6 is 0 Å². The number of rotatable bonds is 0. The van der Waals surface area contributed by atoms with E-state index in [9.17, 15) is 0 Å². The van der Waals surface area contributed by atoms with E-state index in [4.69, 9.17) is 4.98 Å². The molecule has 0 N–H and O–H groups in total. The molecular formula is C20H12N4. The number of imidazole rings is 1. The quantitative estimate of drug-likeness (QED) is 0.398. The van der Waals surface area contributed by atoms with E-state index in [1.54, 1.807) is 0 Å². The molecule has 0 unspecified atom stereocenters. The van der Waals surface area contributed by atoms with Crippen molar-refractivity contribution in [1.82, 2.24) is 19.4 Å². The Morgan fingerprint density at radius 3 is 2.62 bits per heavy atom. The van der Waals surface area contributed by atoms with E-state index in [0.29, 0.717) is 0 Å². The summed E-state index contributed by atoms with van der Waals surface area (Å²) >= 11 is 0. The van der Waals surface area contributed by atoms with E-state index >= 15 is 0 Å². The molecule has 0 amide bonds. The van der Waals surface area contributed by atoms with Crippen LogP contribution in [0.1, 0.15) is 11.3 Å². The molecule has 0 saturated heterocycles. The lowest BCUT2D eigenvalue weighted by Gasteiger charge is -2.10. The van der Waals surface area contributed by atoms with Gasteiger partial charge in [-0.2, -0.15) is 0 Å². The molecule has 4 heterocycles. The number of nitrogens with zero attached hydrogens (tertiary/aromatic N) is 4. The van der Waals surface area contributed by atoms with E-state index in [-0.39, 0.29) is 0 Å². The summed E-state index contributed by atoms with van der Waals surface area (Å²) in [7, 11) is 0. The topological polar surface area (TPSA) is 43.1 Å². The SMILES string of the molecule is c1ccc2c(c1)Cc1nc3c4cnccc4c4cnccc4n3c1-2. The zero-order chi connectivity index (χ0) is 15.7. The third-order valence-electron chi connectivity index (χ3n) is 4.97. The Morgan fingerprint density at radius 1 is 0.833 bits per heavy atom. The van der Waals surface area contributed by atoms with E-state index < -0.39 is 0 Å². The maximum atomic E-state index is 4.99. The van der Waals surface area contributed by atoms with Crippen molar-refractivity contribution in [2.75, 3.05) is 0 Å². The first-order valence-corrected chi connectivity index (χ1v) is 8.01. The Labute approximate surface area is 137 Å². The fourth-order valence-electron chi connectivity index (χ4n) is 3.96. The second-order valence-electron chi connectivity index (χ2n) is 6.21. The van der Waals surface area contributed by atoms with E-state index in [1.807, 2.05) is 30.9 Å². The van der Waals surface area contributed by atoms with E-state index in [0.717, 1.165) is 39.4 Å². The zero-order valence-electron chi connectivity index (χ0n) is 12.8. The van der Waals surface area contributed by atoms with Gasteiger partial charge in [0, 0.05) is 47.5 Å². The first-order chi connectivity index (χ1) is 11.9. The Morgan fingerprint density at radius 2 is 1.67 bits per heavy atom. The van der Waals surface area contributed by atoms with Gasteiger partial charge in [-0.05, 0) is 23.1 Å². The lowest BCUT2D eigenvalue weighted by atomic mass is 10.1. The molecule has 6 rings (SSSR count). The van der Waals surface area contributed by atoms with Crippen LogP contribution < -0.4 is 0 Å². The lowest BCUT2D eigenvalue weighted by Crippen LogP contribution is -1.94. The summed E-state index contributed by atoms with van der Waals surface area (Å²) < 4.78 is 2.28. The summed E-state index contributed by atoms with van der Waals surface area (Å²) in [6.45, 7) is 0. The van der Waals surface area contributed by atoms with E-state index in [2.05, 4.69) is 44.7 Å². The van der Waals surface area contributed by atoms with Crippen LogP contribution in [0.15, 0.2) is 61.2 Å². The smallest absolute Gasteiger partial charge is 0.147 e. The average Bonchev–Trinajstić information content (AvgIpc) is 3.18. The summed E-state index contributed by atoms with van der Waals surface area (Å²) in [5, 5.41) is 3.36. The third kappa shape index (κ3) is 1.36. The highest BCUT2D eigenvalue weighted by Gasteiger charge is 2.26. The second kappa shape index (κ2) is 4.17. The number of fused-ring (bicyclic) bond motifs is 10. The minimum absolute atomic E-state index is 0.890. The highest BCUT2D eigenvalue weighted by atomic mass is 15.0. The number of aromatic nitrogens is 4. The van der Waals surface area contributed by atoms with Crippen LogP contribution in [-0.2, 0) is 6.42 Å². The van der Waals surface area contributed by atoms with Gasteiger partial charge in [0.2, 0.25) is 0 Å². The molecule has 0 atom stereocenters. The molecule has 4 heteroatoms. The predicted octanol–water partition coefficient (Wildman–Crippen LogP) is 4.00. The fourth-order valence-corrected chi connectivity index (χ4v) is 3.96. The van der Waals surface area contributed by atoms with Crippen LogP contribution in [0.2, 0.25) is 0 Å². The normalized spacial score (nSPS) is 12.8. The lowest BCUT2D eigenvalue weighted by molar-refractivity contribution is 1.17. The summed E-state index contributed by atoms with van der Waals surface area (Å²) in [6, 6.07) is 12.7. The van der Waals surface area contributed by atoms with Gasteiger partial charge >= 0.3 is 0 Å². The van der Waals surface area contributed by atoms with E-state index in [1.165, 1.54) is 16.8 Å². The average molecular weight is 308 g/mol. The van der Waals surface area contributed by atoms with Gasteiger partial charge in [0.15, 0.2) is 0 Å². The summed E-state index contributed by atoms with van der Waals surface area (Å²) in [6.07, 6.45) is 8.41. The van der Waals surface area contributed by atoms with Gasteiger partial charge < -0.3 is 0 Å². The number of benzene rings is 1. The van der Waals surface area contributed by atoms with Gasteiger partial charge in [0.05, 0.1) is 16.9 Å². The third-order valence-corrected chi connectivity index (χ3v) is 4.97. The Balaban J connectivity index is 1.93. The van der Waals surface area contributed by atoms with Crippen LogP contribution in [-0.4, -0.2) is 19.4 Å². The monoisotopic (exact) mass is 308 g/mol. The molecule has 0 spiro atoms. The Hall–Kier alpha value is -3.27. The Kier molecular flexibility index (Phi) is 2.12. The van der Waals surface area contributed by atoms with Crippen LogP contribution in [0.25, 0.3) is 38.6 Å². The molecule has 1 aliphatic carbocycles. The van der Waals surface area contributed by atoms with Crippen LogP contribution in [0.4, 0.5) is 0 Å². The van der Waals surface area contributed by atoms with Gasteiger partial charge in [-0.25, -0.2) is 4.98 Å². The zero-order valence-corrected chi connectivity index (χ0v) is 12.8. The molecule has 1 aromatic carbocycles. The fraction of sp³-hybridized carbons (Fsp3) is 0.0500. The number of hydrogen-bond acceptors (Lipinski definition) is 3. The summed E-state index contributed by atoms with van der Waals surface area (Å²) in [4.78, 5) is 13.6. The molecular weight excluding hydrogens is 296 g/mol. The molecule has 4 aromatic heterocycles. The molecule has 5 aromatic rings. The highest BCUT2D eigenvalue weighted by molar-refractivity contribution is 6.12. The molecule has 0 aliphatic heterocycles. The summed E-state index contributed by atoms with van der Waals surface area (Å²) in [5.41, 5.74) is 7.10. The predicted molar refractivity (Wildman–Crippen MR) is 94.0 cm³/mol. The maximum absolute atomic E-state index is 4.99. The molecule has 24 heavy (non-hydrogen) atoms. The molecule has 0 radical (unpaired) electrons. The highest BCUT2D eigenvalue weighted by Crippen LogP contribution is 2.40. The van der Waals surface area contributed by atoms with Crippen molar-refractivity contribution >= 4 is 27.3 Å². The molecule has 1 aliphatic rings. The standard InChI is InChI=1S/C20H12N4/c1-2-4-13-12(3-1)9-17-19(13)24-18-6-8-22-10-15(18)14-5-7-21-11-16(14)20(24)23-17/h1-8,10-11H,9H2. The minimum atomic E-state index is 0.890. The van der Waals surface area contributed by atoms with Crippen LogP contribution in [0.3, 0.4) is 0 Å². The molecule has 0 bridgehead atoms. The van der Waals surface area contributed by atoms with Crippen LogP contribution in [0.5, 0.6) is 0 Å². The largest absolute Gasteiger partial charge is 0.291 e. The van der Waals surface area contributed by atoms with Gasteiger partial charge in [-0.1, -0.05) is 24.3 Å². The van der Waals surface area contributed by atoms with Crippen molar-refractivity contribution < 1.29 is 0 Å². The van der Waals surface area contributed by atoms with Gasteiger partial charge in [-0.3, -0.25) is 14.4 Å². The first-order valence-electron chi connectivity index (χ1n) is 8.01. The molecule has 0 fully saturated rings. The van der Waals surface area contributed by atoms with Gasteiger partial charge in [0.25, 0.3) is 0 Å². The number of pyridine rings is 3. The first kappa shape index (κ1) is 12.2. The second-order valence-corrected chi connectivity index (χ2v) is 6.21. The van der Waals surface area contributed by atoms with Crippen molar-refractivity contribution in [3.05, 3.63) is 72.4 Å². The van der Waals surface area contributed by atoms with Crippen molar-refractivity contribution in [3.63, 3.8) is 0 Å². The maximum Gasteiger partial charge on any atom is 0.147 e. The van der Waals surface area contributed by atoms with Gasteiger partial charge in [-0.15, -0.1) is 0 Å². The molecule has 0 saturated carbocycles. The minimum Gasteiger partial charge on any atom is -0.291 e. The van der Waals surface area contributed by atoms with Gasteiger partial charge in [0.1, 0.15) is 5.65 Å². The van der Waals surface area contributed by atoms with Crippen molar-refractivity contribution in [1.29, 1.82) is 0 Å². The van der Waals surface area contributed by atoms with Crippen LogP contribution in [0, 0.1) is 0 Å². The van der Waals surface area contributed by atoms with Crippen molar-refractivity contribution in [2.45, 2.75) is 6.42 Å². The number of hydrogen-bond donors (Lipinski definition) is 0. The van der Waals surface area contributed by atoms with Crippen molar-refractivity contribution in [2.24, 2.45) is 0 Å². The van der Waals surface area contributed by atoms with Crippen molar-refractivity contribution in [3.8, 4) is 11.3 Å². The summed E-state index contributed by atoms with van der Waals surface area (Å²) in [5.74, 6) is 0. The molecule has 4 nitrogen and oxygen atoms in total. The molecule has 112 valence electrons.